The molecule has 0 fully saturated rings. The van der Waals surface area contributed by atoms with Crippen LogP contribution in [0.1, 0.15) is 140 Å². The van der Waals surface area contributed by atoms with E-state index in [0.29, 0.717) is 22.3 Å². The normalized spacial score (nSPS) is 7.05. The molecule has 0 saturated heterocycles. The molecule has 0 atom stereocenters. The van der Waals surface area contributed by atoms with Gasteiger partial charge in [0, 0.05) is 129 Å². The number of non-ortho nitro benzene ring substituents is 2. The van der Waals surface area contributed by atoms with Crippen molar-refractivity contribution in [2.75, 3.05) is 0 Å². The third kappa shape index (κ3) is 47.9. The molecule has 7 N–H and O–H groups in total. The number of benzene rings is 4. The molecule has 0 saturated carbocycles. The van der Waals surface area contributed by atoms with Crippen LogP contribution in [0.15, 0.2) is 84.9 Å². The smallest absolute Gasteiger partial charge is 0.488 e. The summed E-state index contributed by atoms with van der Waals surface area (Å²) in [5.74, 6) is 1.52. The predicted molar refractivity (Wildman–Crippen MR) is 254 cm³/mol. The van der Waals surface area contributed by atoms with Crippen LogP contribution in [0.3, 0.4) is 0 Å². The summed E-state index contributed by atoms with van der Waals surface area (Å²) in [5, 5.41) is 47.5. The third-order valence-corrected chi connectivity index (χ3v) is 5.40. The largest absolute Gasteiger partial charge is 0.507 e. The molecule has 0 aliphatic heterocycles. The first-order chi connectivity index (χ1) is 26.4. The summed E-state index contributed by atoms with van der Waals surface area (Å²) in [5.41, 5.74) is 3.20. The minimum atomic E-state index is -1.34. The molecule has 4 aromatic rings. The molecule has 4 aromatic carbocycles. The maximum absolute atomic E-state index is 10.7. The average Bonchev–Trinajstić information content (AvgIpc) is 3.25. The summed E-state index contributed by atoms with van der Waals surface area (Å²) in [6.45, 7) is 38.9. The van der Waals surface area contributed by atoms with Crippen LogP contribution < -0.4 is 10.2 Å². The van der Waals surface area contributed by atoms with Crippen molar-refractivity contribution < 1.29 is 146 Å². The van der Waals surface area contributed by atoms with E-state index in [9.17, 15) is 25.3 Å². The summed E-state index contributed by atoms with van der Waals surface area (Å²) < 4.78 is 5.75. The topological polar surface area (TPSA) is 219 Å². The Morgan fingerprint density at radius 3 is 0.984 bits per heavy atom. The van der Waals surface area contributed by atoms with Crippen molar-refractivity contribution >= 4 is 24.0 Å². The number of nitrogens with zero attached hydrogens (tertiary/aromatic N) is 2. The van der Waals surface area contributed by atoms with Gasteiger partial charge in [-0.1, -0.05) is 167 Å². The third-order valence-electron chi connectivity index (χ3n) is 5.40. The number of nitro groups is 2. The van der Waals surface area contributed by atoms with E-state index < -0.39 is 17.0 Å². The van der Waals surface area contributed by atoms with E-state index in [0.717, 1.165) is 16.9 Å². The predicted octanol–water partition coefficient (Wildman–Crippen LogP) is 12.5. The molecule has 0 aliphatic rings. The molecule has 0 aromatic heterocycles. The van der Waals surface area contributed by atoms with E-state index in [1.165, 1.54) is 24.3 Å². The number of para-hydroxylation sites is 1. The Labute approximate surface area is 455 Å². The van der Waals surface area contributed by atoms with Crippen molar-refractivity contribution in [3.8, 4) is 17.2 Å². The molecule has 0 unspecified atom stereocenters. The second kappa shape index (κ2) is 70.3. The summed E-state index contributed by atoms with van der Waals surface area (Å²) in [7, 11) is -1.34. The molecule has 0 bridgehead atoms. The van der Waals surface area contributed by atoms with Gasteiger partial charge in [0.15, 0.2) is 0 Å². The van der Waals surface area contributed by atoms with E-state index in [-0.39, 0.29) is 141 Å². The molecular weight excluding hydrogens is 1260 g/mol. The number of phenolic OH excluding ortho intramolecular Hbond substituents is 1. The number of hydrogen-bond donors (Lipinski definition) is 3. The van der Waals surface area contributed by atoms with Crippen LogP contribution in [-0.2, 0) is 17.1 Å². The van der Waals surface area contributed by atoms with Crippen LogP contribution in [0.5, 0.6) is 17.2 Å². The number of ether oxygens (including phenoxy) is 1. The Balaban J connectivity index is -0.0000000434. The van der Waals surface area contributed by atoms with E-state index in [4.69, 9.17) is 14.8 Å². The van der Waals surface area contributed by atoms with Crippen molar-refractivity contribution in [1.29, 1.82) is 0 Å². The fourth-order valence-electron chi connectivity index (χ4n) is 3.46. The first kappa shape index (κ1) is 94.2. The van der Waals surface area contributed by atoms with Crippen molar-refractivity contribution in [3.63, 3.8) is 0 Å². The Morgan fingerprint density at radius 1 is 0.508 bits per heavy atom. The summed E-state index contributed by atoms with van der Waals surface area (Å²) >= 11 is 0. The number of rotatable bonds is 5. The van der Waals surface area contributed by atoms with Gasteiger partial charge in [0.1, 0.15) is 17.2 Å². The van der Waals surface area contributed by atoms with Gasteiger partial charge in [0.05, 0.1) is 9.85 Å². The van der Waals surface area contributed by atoms with Crippen LogP contribution in [0, 0.1) is 136 Å². The minimum Gasteiger partial charge on any atom is -0.507 e. The minimum absolute atomic E-state index is 0. The molecule has 0 heterocycles. The molecule has 3 radical (unpaired) electrons. The van der Waals surface area contributed by atoms with Gasteiger partial charge in [-0.2, -0.15) is 0 Å². The van der Waals surface area contributed by atoms with E-state index >= 15 is 0 Å². The fourth-order valence-corrected chi connectivity index (χ4v) is 3.46. The molecule has 16 heteroatoms. The maximum Gasteiger partial charge on any atom is 0.488 e. The molecular formula is C45H85Ac2BCuN2O10. The van der Waals surface area contributed by atoms with Gasteiger partial charge in [-0.25, -0.2) is 0 Å². The van der Waals surface area contributed by atoms with Gasteiger partial charge < -0.3 is 30.8 Å². The summed E-state index contributed by atoms with van der Waals surface area (Å²) in [6.07, 6.45) is 0. The van der Waals surface area contributed by atoms with Crippen LogP contribution in [0.25, 0.3) is 0 Å². The summed E-state index contributed by atoms with van der Waals surface area (Å²) in [4.78, 5) is 20.2. The van der Waals surface area contributed by atoms with Gasteiger partial charge in [0.25, 0.3) is 11.4 Å². The van der Waals surface area contributed by atoms with Crippen molar-refractivity contribution in [2.45, 2.75) is 146 Å². The van der Waals surface area contributed by atoms with Crippen LogP contribution in [-0.4, -0.2) is 43.1 Å². The van der Waals surface area contributed by atoms with Gasteiger partial charge in [-0.3, -0.25) is 20.2 Å². The zero-order valence-corrected chi connectivity index (χ0v) is 50.8. The van der Waals surface area contributed by atoms with E-state index in [2.05, 4.69) is 0 Å². The molecule has 0 spiro atoms. The number of nitro benzene ring substituents is 2. The quantitative estimate of drug-likeness (QED) is 0.0989. The van der Waals surface area contributed by atoms with E-state index in [1.54, 1.807) is 52.0 Å². The number of aryl methyl sites for hydroxylation is 4. The number of aromatic hydroxyl groups is 1. The number of phenols is 1. The molecule has 61 heavy (non-hydrogen) atoms. The van der Waals surface area contributed by atoms with Crippen molar-refractivity contribution in [1.82, 2.24) is 0 Å². The molecule has 0 aliphatic carbocycles. The first-order valence-electron chi connectivity index (χ1n) is 19.7. The van der Waals surface area contributed by atoms with Crippen LogP contribution in [0.4, 0.5) is 11.4 Å². The number of hydrogen-bond acceptors (Lipinski definition) is 8. The van der Waals surface area contributed by atoms with Gasteiger partial charge in [0.2, 0.25) is 0 Å². The zero-order chi connectivity index (χ0) is 45.1. The first-order valence-corrected chi connectivity index (χ1v) is 19.7. The fraction of sp³-hybridized carbons (Fsp3) is 0.467. The molecule has 12 nitrogen and oxygen atoms in total. The van der Waals surface area contributed by atoms with Gasteiger partial charge in [-0.05, 0) is 67.5 Å². The van der Waals surface area contributed by atoms with Crippen molar-refractivity contribution in [2.24, 2.45) is 0 Å². The maximum atomic E-state index is 10.7. The Bertz CT molecular complexity index is 1400. The molecule has 4 rings (SSSR count). The molecule has 355 valence electrons. The van der Waals surface area contributed by atoms with E-state index in [1.807, 2.05) is 147 Å². The second-order valence-electron chi connectivity index (χ2n) is 8.55. The Hall–Kier alpha value is -1.41. The monoisotopic (exact) mass is 1340 g/mol. The molecule has 0 amide bonds. The van der Waals surface area contributed by atoms with Crippen LogP contribution in [0.2, 0.25) is 0 Å². The average molecular weight is 1340 g/mol. The van der Waals surface area contributed by atoms with Crippen LogP contribution >= 0.6 is 0 Å². The van der Waals surface area contributed by atoms with Crippen molar-refractivity contribution in [3.05, 3.63) is 127 Å². The zero-order valence-electron chi connectivity index (χ0n) is 40.4. The Morgan fingerprint density at radius 2 is 0.754 bits per heavy atom. The van der Waals surface area contributed by atoms with Gasteiger partial charge >= 0.3 is 7.12 Å². The van der Waals surface area contributed by atoms with Gasteiger partial charge in [-0.15, -0.1) is 0 Å². The Kier molecular flexibility index (Phi) is 109. The second-order valence-corrected chi connectivity index (χ2v) is 8.55. The standard InChI is InChI=1S/C14H13NO3.C8H9NO3.C6H7BO2.8C2H6.CH4.2Ac.Cu.2H2O/c1-10-8-12(15(16)17)9-11(2)14(10)18-13-6-4-3-5-7-13;1-5-3-7(9(11)12)4-6(2)8(5)10;8-7(9)6-4-2-1-3-5-6;8*1-2;;;;;;/h3-9H,1-2H3;3-4,10H,1-2H3;1-5,8-9H;8*1-2H3;1H4;;;;2*1H2. The summed E-state index contributed by atoms with van der Waals surface area (Å²) in [6, 6.07) is 23.8. The SMILES string of the molecule is C.CC.CC.CC.CC.CC.CC.CC.CC.Cc1cc([N+](=O)[O-])cc(C)c1O.Cc1cc([N+](=O)[O-])cc(C)c1Oc1ccccc1.O.O.OB(O)c1ccccc1.[Ac].[Ac].[Cu].